The van der Waals surface area contributed by atoms with Crippen molar-refractivity contribution in [2.45, 2.75) is 49.8 Å². The number of methoxy groups -OCH3 is 1. The lowest BCUT2D eigenvalue weighted by Gasteiger charge is -2.45. The molecule has 38 heavy (non-hydrogen) atoms. The summed E-state index contributed by atoms with van der Waals surface area (Å²) in [5.74, 6) is -0.517. The number of halogens is 2. The Morgan fingerprint density at radius 3 is 2.61 bits per heavy atom. The number of anilines is 1. The van der Waals surface area contributed by atoms with Crippen molar-refractivity contribution in [3.8, 4) is 11.5 Å². The summed E-state index contributed by atoms with van der Waals surface area (Å²) in [5, 5.41) is 5.65. The molecule has 2 aliphatic rings. The molecule has 3 atom stereocenters. The first-order chi connectivity index (χ1) is 18.4. The summed E-state index contributed by atoms with van der Waals surface area (Å²) < 4.78 is 38.5. The van der Waals surface area contributed by atoms with Gasteiger partial charge in [0.2, 0.25) is 0 Å². The maximum absolute atomic E-state index is 13.5. The van der Waals surface area contributed by atoms with Crippen LogP contribution in [0.3, 0.4) is 0 Å². The average Bonchev–Trinajstić information content (AvgIpc) is 3.26. The molecule has 8 heteroatoms. The summed E-state index contributed by atoms with van der Waals surface area (Å²) in [6.07, 6.45) is 3.52. The van der Waals surface area contributed by atoms with Crippen LogP contribution in [0.1, 0.15) is 36.8 Å². The smallest absolute Gasteiger partial charge is 0.319 e. The SMILES string of the molecule is COc1ccc([C@@]23CC[C@@H](NC(=O)Nc4ccc(F)c(F)c4)C[C@@H]2N(C)CC3)cc1OCc1ccccc1. The Labute approximate surface area is 221 Å². The number of nitrogens with zero attached hydrogens (tertiary/aromatic N) is 1. The standard InChI is InChI=1S/C30H33F2N3O3/c1-35-15-14-30(21-8-11-26(37-2)27(16-21)38-19-20-6-4-3-5-7-20)13-12-23(18-28(30)35)34-29(36)33-22-9-10-24(31)25(32)17-22/h3-11,16-17,23,28H,12-15,18-19H2,1-2H3,(H2,33,34,36)/t23-,28+,30+/m1/s1. The molecule has 0 unspecified atom stereocenters. The van der Waals surface area contributed by atoms with Crippen LogP contribution in [0.2, 0.25) is 0 Å². The van der Waals surface area contributed by atoms with E-state index >= 15 is 0 Å². The second kappa shape index (κ2) is 11.0. The van der Waals surface area contributed by atoms with E-state index in [0.29, 0.717) is 12.4 Å². The van der Waals surface area contributed by atoms with Gasteiger partial charge < -0.3 is 25.0 Å². The molecule has 6 nitrogen and oxygen atoms in total. The molecule has 3 aromatic rings. The van der Waals surface area contributed by atoms with E-state index in [1.807, 2.05) is 36.4 Å². The molecular weight excluding hydrogens is 488 g/mol. The summed E-state index contributed by atoms with van der Waals surface area (Å²) in [4.78, 5) is 15.0. The normalized spacial score (nSPS) is 22.9. The van der Waals surface area contributed by atoms with E-state index in [1.54, 1.807) is 7.11 Å². The molecule has 0 bridgehead atoms. The minimum Gasteiger partial charge on any atom is -0.493 e. The second-order valence-corrected chi connectivity index (χ2v) is 10.2. The number of hydrogen-bond donors (Lipinski definition) is 2. The van der Waals surface area contributed by atoms with Crippen molar-refractivity contribution < 1.29 is 23.0 Å². The first kappa shape index (κ1) is 26.0. The molecule has 3 aromatic carbocycles. The first-order valence-corrected chi connectivity index (χ1v) is 13.0. The van der Waals surface area contributed by atoms with Crippen LogP contribution in [0.5, 0.6) is 11.5 Å². The largest absolute Gasteiger partial charge is 0.493 e. The van der Waals surface area contributed by atoms with E-state index in [4.69, 9.17) is 9.47 Å². The number of likely N-dealkylation sites (tertiary alicyclic amines) is 1. The highest BCUT2D eigenvalue weighted by molar-refractivity contribution is 5.89. The molecule has 200 valence electrons. The van der Waals surface area contributed by atoms with Gasteiger partial charge in [0.05, 0.1) is 7.11 Å². The molecule has 1 aliphatic carbocycles. The van der Waals surface area contributed by atoms with Crippen molar-refractivity contribution in [2.75, 3.05) is 26.0 Å². The van der Waals surface area contributed by atoms with Gasteiger partial charge in [0.1, 0.15) is 6.61 Å². The number of amides is 2. The van der Waals surface area contributed by atoms with Crippen molar-refractivity contribution in [3.63, 3.8) is 0 Å². The van der Waals surface area contributed by atoms with Gasteiger partial charge in [0.25, 0.3) is 0 Å². The van der Waals surface area contributed by atoms with E-state index in [-0.39, 0.29) is 23.2 Å². The number of urea groups is 1. The molecule has 2 amide bonds. The van der Waals surface area contributed by atoms with Gasteiger partial charge in [0.15, 0.2) is 23.1 Å². The molecule has 0 radical (unpaired) electrons. The molecule has 1 saturated carbocycles. The number of fused-ring (bicyclic) bond motifs is 1. The number of ether oxygens (including phenoxy) is 2. The predicted molar refractivity (Wildman–Crippen MR) is 143 cm³/mol. The monoisotopic (exact) mass is 521 g/mol. The van der Waals surface area contributed by atoms with Crippen LogP contribution >= 0.6 is 0 Å². The van der Waals surface area contributed by atoms with Gasteiger partial charge in [-0.05, 0) is 74.7 Å². The third-order valence-corrected chi connectivity index (χ3v) is 8.02. The van der Waals surface area contributed by atoms with Crippen molar-refractivity contribution in [3.05, 3.63) is 89.5 Å². The third-order valence-electron chi connectivity index (χ3n) is 8.02. The Bertz CT molecular complexity index is 1290. The van der Waals surface area contributed by atoms with Crippen molar-refractivity contribution in [1.29, 1.82) is 0 Å². The molecule has 2 fully saturated rings. The van der Waals surface area contributed by atoms with Gasteiger partial charge in [-0.3, -0.25) is 0 Å². The van der Waals surface area contributed by atoms with Crippen LogP contribution in [0.4, 0.5) is 19.3 Å². The van der Waals surface area contributed by atoms with Crippen LogP contribution in [0.25, 0.3) is 0 Å². The molecule has 1 aliphatic heterocycles. The van der Waals surface area contributed by atoms with Gasteiger partial charge in [-0.15, -0.1) is 0 Å². The lowest BCUT2D eigenvalue weighted by molar-refractivity contribution is 0.155. The van der Waals surface area contributed by atoms with Gasteiger partial charge in [-0.25, -0.2) is 13.6 Å². The highest BCUT2D eigenvalue weighted by Gasteiger charge is 2.50. The lowest BCUT2D eigenvalue weighted by atomic mass is 9.65. The molecule has 0 aromatic heterocycles. The topological polar surface area (TPSA) is 62.8 Å². The number of carbonyl (C=O) groups excluding carboxylic acids is 1. The minimum atomic E-state index is -0.996. The quantitative estimate of drug-likeness (QED) is 0.408. The summed E-state index contributed by atoms with van der Waals surface area (Å²) in [7, 11) is 3.78. The summed E-state index contributed by atoms with van der Waals surface area (Å²) in [6.45, 7) is 1.42. The van der Waals surface area contributed by atoms with E-state index in [1.165, 1.54) is 11.6 Å². The van der Waals surface area contributed by atoms with E-state index in [0.717, 1.165) is 55.7 Å². The van der Waals surface area contributed by atoms with Crippen LogP contribution < -0.4 is 20.1 Å². The number of likely N-dealkylation sites (N-methyl/N-ethyl adjacent to an activating group) is 1. The number of carbonyl (C=O) groups is 1. The van der Waals surface area contributed by atoms with Crippen molar-refractivity contribution in [1.82, 2.24) is 10.2 Å². The van der Waals surface area contributed by atoms with Crippen LogP contribution in [-0.4, -0.2) is 43.7 Å². The second-order valence-electron chi connectivity index (χ2n) is 10.2. The Kier molecular flexibility index (Phi) is 7.51. The van der Waals surface area contributed by atoms with E-state index in [9.17, 15) is 13.6 Å². The fourth-order valence-electron chi connectivity index (χ4n) is 6.01. The fraction of sp³-hybridized carbons (Fsp3) is 0.367. The number of hydrogen-bond acceptors (Lipinski definition) is 4. The van der Waals surface area contributed by atoms with E-state index in [2.05, 4.69) is 34.7 Å². The number of benzene rings is 3. The Morgan fingerprint density at radius 2 is 1.84 bits per heavy atom. The Balaban J connectivity index is 1.30. The van der Waals surface area contributed by atoms with Gasteiger partial charge in [-0.2, -0.15) is 0 Å². The number of nitrogens with one attached hydrogen (secondary N) is 2. The molecule has 0 spiro atoms. The highest BCUT2D eigenvalue weighted by Crippen LogP contribution is 2.50. The molecule has 1 heterocycles. The average molecular weight is 522 g/mol. The predicted octanol–water partition coefficient (Wildman–Crippen LogP) is 5.87. The molecular formula is C30H33F2N3O3. The van der Waals surface area contributed by atoms with Gasteiger partial charge >= 0.3 is 6.03 Å². The van der Waals surface area contributed by atoms with Crippen molar-refractivity contribution in [2.24, 2.45) is 0 Å². The van der Waals surface area contributed by atoms with Gasteiger partial charge in [0, 0.05) is 29.3 Å². The zero-order valence-corrected chi connectivity index (χ0v) is 21.7. The first-order valence-electron chi connectivity index (χ1n) is 13.0. The van der Waals surface area contributed by atoms with Crippen LogP contribution in [0.15, 0.2) is 66.7 Å². The maximum atomic E-state index is 13.5. The van der Waals surface area contributed by atoms with Crippen LogP contribution in [-0.2, 0) is 12.0 Å². The summed E-state index contributed by atoms with van der Waals surface area (Å²) in [5.41, 5.74) is 2.47. The third kappa shape index (κ3) is 5.31. The fourth-order valence-corrected chi connectivity index (χ4v) is 6.01. The van der Waals surface area contributed by atoms with Crippen LogP contribution in [0, 0.1) is 11.6 Å². The Hall–Kier alpha value is -3.65. The zero-order chi connectivity index (χ0) is 26.7. The maximum Gasteiger partial charge on any atom is 0.319 e. The van der Waals surface area contributed by atoms with Crippen molar-refractivity contribution >= 4 is 11.7 Å². The number of rotatable bonds is 7. The summed E-state index contributed by atoms with van der Waals surface area (Å²) >= 11 is 0. The Morgan fingerprint density at radius 1 is 1.03 bits per heavy atom. The van der Waals surface area contributed by atoms with Gasteiger partial charge in [-0.1, -0.05) is 36.4 Å². The highest BCUT2D eigenvalue weighted by atomic mass is 19.2. The molecule has 1 saturated heterocycles. The molecule has 5 rings (SSSR count). The molecule has 2 N–H and O–H groups in total. The zero-order valence-electron chi connectivity index (χ0n) is 21.7. The summed E-state index contributed by atoms with van der Waals surface area (Å²) in [6, 6.07) is 19.4. The lowest BCUT2D eigenvalue weighted by Crippen LogP contribution is -2.52. The van der Waals surface area contributed by atoms with E-state index < -0.39 is 17.7 Å². The minimum absolute atomic E-state index is 0.0361.